The van der Waals surface area contributed by atoms with Crippen LogP contribution >= 0.6 is 0 Å². The highest BCUT2D eigenvalue weighted by Gasteiger charge is 2.10. The van der Waals surface area contributed by atoms with Gasteiger partial charge in [-0.15, -0.1) is 0 Å². The van der Waals surface area contributed by atoms with Crippen LogP contribution in [-0.4, -0.2) is 51.1 Å². The summed E-state index contributed by atoms with van der Waals surface area (Å²) in [6.45, 7) is 4.18. The molecule has 2 aromatic rings. The Labute approximate surface area is 167 Å². The molecule has 0 aliphatic carbocycles. The van der Waals surface area contributed by atoms with Crippen LogP contribution in [0, 0.1) is 0 Å². The smallest absolute Gasteiger partial charge is 0.251 e. The van der Waals surface area contributed by atoms with E-state index in [0.717, 1.165) is 35.8 Å². The molecule has 28 heavy (non-hydrogen) atoms. The lowest BCUT2D eigenvalue weighted by atomic mass is 10.1. The summed E-state index contributed by atoms with van der Waals surface area (Å²) in [6, 6.07) is 15.7. The van der Waals surface area contributed by atoms with Gasteiger partial charge in [-0.1, -0.05) is 30.3 Å². The molecule has 2 N–H and O–H groups in total. The van der Waals surface area contributed by atoms with Gasteiger partial charge in [-0.25, -0.2) is 0 Å². The molecule has 0 radical (unpaired) electrons. The first-order chi connectivity index (χ1) is 13.6. The van der Waals surface area contributed by atoms with Crippen LogP contribution in [0.3, 0.4) is 0 Å². The van der Waals surface area contributed by atoms with Gasteiger partial charge >= 0.3 is 0 Å². The number of hydrogen-bond donors (Lipinski definition) is 2. The molecule has 2 rings (SSSR count). The Morgan fingerprint density at radius 3 is 2.68 bits per heavy atom. The summed E-state index contributed by atoms with van der Waals surface area (Å²) in [4.78, 5) is 18.6. The first-order valence-corrected chi connectivity index (χ1v) is 9.51. The number of aliphatic imine (C=N–C) groups is 1. The van der Waals surface area contributed by atoms with Gasteiger partial charge in [0.15, 0.2) is 5.96 Å². The number of ether oxygens (including phenoxy) is 1. The lowest BCUT2D eigenvalue weighted by Gasteiger charge is -2.23. The summed E-state index contributed by atoms with van der Waals surface area (Å²) in [5.74, 6) is 1.64. The number of nitrogens with one attached hydrogen (secondary N) is 2. The molecule has 0 spiro atoms. The third-order valence-corrected chi connectivity index (χ3v) is 4.37. The van der Waals surface area contributed by atoms with E-state index in [4.69, 9.17) is 9.73 Å². The van der Waals surface area contributed by atoms with Crippen molar-refractivity contribution in [3.8, 4) is 5.75 Å². The van der Waals surface area contributed by atoms with E-state index in [0.29, 0.717) is 18.7 Å². The van der Waals surface area contributed by atoms with E-state index in [1.807, 2.05) is 49.5 Å². The molecule has 2 aromatic carbocycles. The van der Waals surface area contributed by atoms with Gasteiger partial charge in [-0.2, -0.15) is 0 Å². The average molecular weight is 383 g/mol. The Bertz CT molecular complexity index is 805. The molecule has 1 amide bonds. The number of carbonyl (C=O) groups is 1. The highest BCUT2D eigenvalue weighted by molar-refractivity contribution is 5.94. The predicted molar refractivity (Wildman–Crippen MR) is 114 cm³/mol. The Balaban J connectivity index is 2.04. The molecular formula is C22H30N4O2. The summed E-state index contributed by atoms with van der Waals surface area (Å²) >= 11 is 0. The van der Waals surface area contributed by atoms with Crippen molar-refractivity contribution in [1.82, 2.24) is 15.5 Å². The monoisotopic (exact) mass is 382 g/mol. The van der Waals surface area contributed by atoms with E-state index in [1.54, 1.807) is 14.2 Å². The molecule has 0 aliphatic heterocycles. The molecule has 0 saturated heterocycles. The van der Waals surface area contributed by atoms with E-state index >= 15 is 0 Å². The summed E-state index contributed by atoms with van der Waals surface area (Å²) in [5.41, 5.74) is 2.87. The van der Waals surface area contributed by atoms with E-state index in [-0.39, 0.29) is 5.91 Å². The van der Waals surface area contributed by atoms with E-state index in [1.165, 1.54) is 0 Å². The van der Waals surface area contributed by atoms with Crippen LogP contribution < -0.4 is 15.4 Å². The largest absolute Gasteiger partial charge is 0.496 e. The number of benzene rings is 2. The number of nitrogens with zero attached hydrogens (tertiary/aromatic N) is 2. The number of carbonyl (C=O) groups excluding carboxylic acids is 1. The minimum Gasteiger partial charge on any atom is -0.496 e. The molecule has 0 heterocycles. The van der Waals surface area contributed by atoms with Crippen molar-refractivity contribution >= 4 is 11.9 Å². The van der Waals surface area contributed by atoms with Gasteiger partial charge in [0, 0.05) is 44.9 Å². The second-order valence-electron chi connectivity index (χ2n) is 6.43. The first kappa shape index (κ1) is 21.3. The number of rotatable bonds is 8. The van der Waals surface area contributed by atoms with Gasteiger partial charge < -0.3 is 20.3 Å². The zero-order chi connectivity index (χ0) is 20.4. The fourth-order valence-electron chi connectivity index (χ4n) is 2.94. The normalized spacial score (nSPS) is 11.1. The Kier molecular flexibility index (Phi) is 8.34. The zero-order valence-electron chi connectivity index (χ0n) is 17.2. The quantitative estimate of drug-likeness (QED) is 0.544. The Hall–Kier alpha value is -3.02. The van der Waals surface area contributed by atoms with Crippen molar-refractivity contribution < 1.29 is 9.53 Å². The van der Waals surface area contributed by atoms with Gasteiger partial charge in [0.05, 0.1) is 7.11 Å². The van der Waals surface area contributed by atoms with Gasteiger partial charge in [-0.3, -0.25) is 9.79 Å². The van der Waals surface area contributed by atoms with Crippen molar-refractivity contribution in [2.24, 2.45) is 4.99 Å². The van der Waals surface area contributed by atoms with Crippen molar-refractivity contribution in [3.05, 3.63) is 65.2 Å². The maximum absolute atomic E-state index is 11.8. The molecule has 0 saturated carbocycles. The first-order valence-electron chi connectivity index (χ1n) is 9.51. The highest BCUT2D eigenvalue weighted by Crippen LogP contribution is 2.18. The molecule has 0 aromatic heterocycles. The summed E-state index contributed by atoms with van der Waals surface area (Å²) in [5, 5.41) is 5.99. The number of amides is 1. The Morgan fingerprint density at radius 1 is 1.18 bits per heavy atom. The van der Waals surface area contributed by atoms with E-state index < -0.39 is 0 Å². The SMILES string of the molecule is CCNC(=NCCc1cccc(C(=O)NC)c1)N(C)Cc1ccccc1OC. The van der Waals surface area contributed by atoms with Crippen molar-refractivity contribution in [1.29, 1.82) is 0 Å². The van der Waals surface area contributed by atoms with Crippen LogP contribution in [0.1, 0.15) is 28.4 Å². The standard InChI is InChI=1S/C22H30N4O2/c1-5-24-22(26(3)16-19-10-6-7-12-20(19)28-4)25-14-13-17-9-8-11-18(15-17)21(27)23-2/h6-12,15H,5,13-14,16H2,1-4H3,(H,23,27)(H,24,25). The third-order valence-electron chi connectivity index (χ3n) is 4.37. The minimum absolute atomic E-state index is 0.0739. The van der Waals surface area contributed by atoms with Gasteiger partial charge in [0.2, 0.25) is 0 Å². The van der Waals surface area contributed by atoms with Crippen LogP contribution in [0.15, 0.2) is 53.5 Å². The molecule has 0 unspecified atom stereocenters. The second kappa shape index (κ2) is 11.0. The van der Waals surface area contributed by atoms with Gasteiger partial charge in [0.25, 0.3) is 5.91 Å². The van der Waals surface area contributed by atoms with Crippen LogP contribution in [0.2, 0.25) is 0 Å². The lowest BCUT2D eigenvalue weighted by molar-refractivity contribution is 0.0963. The van der Waals surface area contributed by atoms with E-state index in [9.17, 15) is 4.79 Å². The second-order valence-corrected chi connectivity index (χ2v) is 6.43. The predicted octanol–water partition coefficient (Wildman–Crippen LogP) is 2.69. The molecule has 6 nitrogen and oxygen atoms in total. The van der Waals surface area contributed by atoms with E-state index in [2.05, 4.69) is 28.5 Å². The van der Waals surface area contributed by atoms with Gasteiger partial charge in [0.1, 0.15) is 5.75 Å². The van der Waals surface area contributed by atoms with Crippen LogP contribution in [0.4, 0.5) is 0 Å². The fourth-order valence-corrected chi connectivity index (χ4v) is 2.94. The molecule has 6 heteroatoms. The Morgan fingerprint density at radius 2 is 1.96 bits per heavy atom. The van der Waals surface area contributed by atoms with Crippen LogP contribution in [0.5, 0.6) is 5.75 Å². The zero-order valence-corrected chi connectivity index (χ0v) is 17.2. The number of hydrogen-bond acceptors (Lipinski definition) is 3. The minimum atomic E-state index is -0.0739. The van der Waals surface area contributed by atoms with Crippen LogP contribution in [-0.2, 0) is 13.0 Å². The third kappa shape index (κ3) is 6.01. The van der Waals surface area contributed by atoms with Crippen molar-refractivity contribution in [3.63, 3.8) is 0 Å². The van der Waals surface area contributed by atoms with Crippen molar-refractivity contribution in [2.45, 2.75) is 19.9 Å². The number of para-hydroxylation sites is 1. The highest BCUT2D eigenvalue weighted by atomic mass is 16.5. The molecule has 150 valence electrons. The number of methoxy groups -OCH3 is 1. The molecule has 0 fully saturated rings. The van der Waals surface area contributed by atoms with Crippen LogP contribution in [0.25, 0.3) is 0 Å². The molecule has 0 atom stereocenters. The lowest BCUT2D eigenvalue weighted by Crippen LogP contribution is -2.38. The maximum atomic E-state index is 11.8. The molecule has 0 bridgehead atoms. The number of guanidine groups is 1. The van der Waals surface area contributed by atoms with Crippen molar-refractivity contribution in [2.75, 3.05) is 34.3 Å². The molecular weight excluding hydrogens is 352 g/mol. The topological polar surface area (TPSA) is 66.0 Å². The summed E-state index contributed by atoms with van der Waals surface area (Å²) < 4.78 is 5.45. The molecule has 0 aliphatic rings. The summed E-state index contributed by atoms with van der Waals surface area (Å²) in [7, 11) is 5.34. The van der Waals surface area contributed by atoms with Gasteiger partial charge in [-0.05, 0) is 37.1 Å². The summed E-state index contributed by atoms with van der Waals surface area (Å²) in [6.07, 6.45) is 0.766. The maximum Gasteiger partial charge on any atom is 0.251 e. The average Bonchev–Trinajstić information content (AvgIpc) is 2.73. The fraction of sp³-hybridized carbons (Fsp3) is 0.364.